The summed E-state index contributed by atoms with van der Waals surface area (Å²) >= 11 is 0. The molecule has 0 radical (unpaired) electrons. The predicted molar refractivity (Wildman–Crippen MR) is 75.3 cm³/mol. The topological polar surface area (TPSA) is 127 Å². The smallest absolute Gasteiger partial charge is 0.745 e. The number of primary amides is 1. The molecule has 7 nitrogen and oxygen atoms in total. The van der Waals surface area contributed by atoms with Crippen molar-refractivity contribution in [3.05, 3.63) is 37.3 Å². The second-order valence-corrected chi connectivity index (χ2v) is 5.32. The van der Waals surface area contributed by atoms with Gasteiger partial charge < -0.3 is 15.0 Å². The normalized spacial score (nSPS) is 9.14. The van der Waals surface area contributed by atoms with Crippen molar-refractivity contribution in [2.45, 2.75) is 26.4 Å². The first-order chi connectivity index (χ1) is 8.79. The van der Waals surface area contributed by atoms with Crippen LogP contribution in [0.4, 0.5) is 0 Å². The minimum Gasteiger partial charge on any atom is -0.745 e. The van der Waals surface area contributed by atoms with Crippen LogP contribution in [0, 0.1) is 0 Å². The van der Waals surface area contributed by atoms with Crippen LogP contribution in [0.5, 0.6) is 0 Å². The fourth-order valence-electron chi connectivity index (χ4n) is 0.343. The van der Waals surface area contributed by atoms with Crippen molar-refractivity contribution in [2.75, 3.05) is 0 Å². The average Bonchev–Trinajstić information content (AvgIpc) is 2.27. The maximum atomic E-state index is 10.5. The third-order valence-electron chi connectivity index (χ3n) is 0.979. The van der Waals surface area contributed by atoms with Gasteiger partial charge >= 0.3 is 35.5 Å². The molecule has 2 N–H and O–H groups in total. The largest absolute Gasteiger partial charge is 1.00 e. The minimum absolute atomic E-state index is 0. The molecule has 0 spiro atoms. The van der Waals surface area contributed by atoms with Gasteiger partial charge in [0.1, 0.15) is 15.7 Å². The molecule has 0 aromatic rings. The van der Waals surface area contributed by atoms with Crippen molar-refractivity contribution in [3.63, 3.8) is 0 Å². The summed E-state index contributed by atoms with van der Waals surface area (Å²) in [6.45, 7) is 14.5. The van der Waals surface area contributed by atoms with Crippen LogP contribution in [-0.2, 0) is 24.4 Å². The first-order valence-electron chi connectivity index (χ1n) is 5.14. The van der Waals surface area contributed by atoms with E-state index < -0.39 is 21.6 Å². The average molecular weight is 329 g/mol. The number of esters is 1. The van der Waals surface area contributed by atoms with Gasteiger partial charge in [-0.05, 0) is 26.8 Å². The Balaban J connectivity index is -0.000000106. The van der Waals surface area contributed by atoms with Gasteiger partial charge in [0.25, 0.3) is 0 Å². The van der Waals surface area contributed by atoms with Crippen molar-refractivity contribution < 1.29 is 56.9 Å². The Bertz CT molecular complexity index is 439. The van der Waals surface area contributed by atoms with Crippen LogP contribution >= 0.6 is 0 Å². The molecule has 116 valence electrons. The van der Waals surface area contributed by atoms with Crippen LogP contribution in [0.15, 0.2) is 37.3 Å². The second-order valence-electron chi connectivity index (χ2n) is 4.00. The summed E-state index contributed by atoms with van der Waals surface area (Å²) in [4.78, 5) is 20.0. The van der Waals surface area contributed by atoms with Crippen LogP contribution in [0.1, 0.15) is 20.8 Å². The SMILES string of the molecule is C=CC(=O)OC(C)(C)C.C=CC(N)=O.C=CS(=O)(=O)[O-].[Na+]. The number of carbonyl (C=O) groups excluding carboxylic acids is 2. The summed E-state index contributed by atoms with van der Waals surface area (Å²) in [5.41, 5.74) is 4.14. The van der Waals surface area contributed by atoms with E-state index in [1.807, 2.05) is 20.8 Å². The summed E-state index contributed by atoms with van der Waals surface area (Å²) < 4.78 is 32.8. The summed E-state index contributed by atoms with van der Waals surface area (Å²) in [7, 11) is -4.15. The fourth-order valence-corrected chi connectivity index (χ4v) is 0.343. The van der Waals surface area contributed by atoms with E-state index in [-0.39, 0.29) is 35.5 Å². The summed E-state index contributed by atoms with van der Waals surface area (Å²) in [6.07, 6.45) is 2.21. The molecule has 0 saturated carbocycles. The molecular formula is C12H20NNaO6S. The predicted octanol–water partition coefficient (Wildman–Crippen LogP) is -2.15. The number of rotatable bonds is 3. The van der Waals surface area contributed by atoms with Crippen molar-refractivity contribution in [2.24, 2.45) is 5.73 Å². The second kappa shape index (κ2) is 14.0. The van der Waals surface area contributed by atoms with E-state index in [1.165, 1.54) is 0 Å². The molecule has 21 heavy (non-hydrogen) atoms. The summed E-state index contributed by atoms with van der Waals surface area (Å²) in [5.74, 6) is -0.854. The van der Waals surface area contributed by atoms with Crippen LogP contribution in [0.3, 0.4) is 0 Å². The zero-order chi connectivity index (χ0) is 17.0. The van der Waals surface area contributed by atoms with Crippen molar-refractivity contribution in [1.82, 2.24) is 0 Å². The molecule has 0 aromatic heterocycles. The van der Waals surface area contributed by atoms with Gasteiger partial charge in [0, 0.05) is 11.5 Å². The van der Waals surface area contributed by atoms with E-state index >= 15 is 0 Å². The molecule has 0 atom stereocenters. The van der Waals surface area contributed by atoms with Gasteiger partial charge in [0.2, 0.25) is 5.91 Å². The Morgan fingerprint density at radius 2 is 1.43 bits per heavy atom. The molecule has 0 fully saturated rings. The molecule has 1 amide bonds. The number of ether oxygens (including phenoxy) is 1. The standard InChI is InChI=1S/C7H12O2.C3H5NO.C2H4O3S.Na/c1-5-6(8)9-7(2,3)4;1-2-3(4)5;1-2-6(3,4)5;/h5H,1H2,2-4H3;2H,1H2,(H2,4,5);2H,1H2,(H,3,4,5);/q;;;+1/p-1. The Morgan fingerprint density at radius 3 is 1.48 bits per heavy atom. The van der Waals surface area contributed by atoms with E-state index in [4.69, 9.17) is 4.74 Å². The van der Waals surface area contributed by atoms with Gasteiger partial charge in [0.05, 0.1) is 0 Å². The minimum atomic E-state index is -4.15. The van der Waals surface area contributed by atoms with E-state index in [1.54, 1.807) is 0 Å². The molecule has 0 bridgehead atoms. The molecular weight excluding hydrogens is 309 g/mol. The number of carbonyl (C=O) groups is 2. The molecule has 0 aliphatic heterocycles. The van der Waals surface area contributed by atoms with Crippen LogP contribution in [0.25, 0.3) is 0 Å². The molecule has 9 heteroatoms. The van der Waals surface area contributed by atoms with E-state index in [0.29, 0.717) is 5.41 Å². The van der Waals surface area contributed by atoms with E-state index in [0.717, 1.165) is 12.2 Å². The van der Waals surface area contributed by atoms with Gasteiger partial charge in [-0.2, -0.15) is 0 Å². The molecule has 0 unspecified atom stereocenters. The Hall–Kier alpha value is -0.930. The third-order valence-corrected chi connectivity index (χ3v) is 1.39. The van der Waals surface area contributed by atoms with Crippen molar-refractivity contribution in [3.8, 4) is 0 Å². The third kappa shape index (κ3) is 45.3. The van der Waals surface area contributed by atoms with Crippen molar-refractivity contribution in [1.29, 1.82) is 0 Å². The quantitative estimate of drug-likeness (QED) is 0.272. The van der Waals surface area contributed by atoms with Gasteiger partial charge in [0.15, 0.2) is 0 Å². The number of nitrogens with two attached hydrogens (primary N) is 1. The van der Waals surface area contributed by atoms with Gasteiger partial charge in [-0.3, -0.25) is 4.79 Å². The molecule has 0 rings (SSSR count). The number of hydrogen-bond donors (Lipinski definition) is 1. The maximum Gasteiger partial charge on any atom is 1.00 e. The fraction of sp³-hybridized carbons (Fsp3) is 0.333. The Kier molecular flexibility index (Phi) is 18.9. The van der Waals surface area contributed by atoms with Crippen molar-refractivity contribution >= 4 is 22.0 Å². The molecule has 0 saturated heterocycles. The van der Waals surface area contributed by atoms with Crippen LogP contribution < -0.4 is 35.3 Å². The molecule has 0 aromatic carbocycles. The number of amides is 1. The molecule has 0 aliphatic rings. The first-order valence-corrected chi connectivity index (χ1v) is 6.61. The first kappa shape index (κ1) is 28.3. The van der Waals surface area contributed by atoms with Crippen LogP contribution in [-0.4, -0.2) is 30.4 Å². The Morgan fingerprint density at radius 1 is 1.14 bits per heavy atom. The van der Waals surface area contributed by atoms with Gasteiger partial charge in [-0.25, -0.2) is 13.2 Å². The van der Waals surface area contributed by atoms with E-state index in [2.05, 4.69) is 25.5 Å². The van der Waals surface area contributed by atoms with Gasteiger partial charge in [-0.1, -0.05) is 19.7 Å². The zero-order valence-electron chi connectivity index (χ0n) is 12.8. The van der Waals surface area contributed by atoms with Crippen LogP contribution in [0.2, 0.25) is 0 Å². The van der Waals surface area contributed by atoms with E-state index in [9.17, 15) is 22.6 Å². The number of hydrogen-bond acceptors (Lipinski definition) is 6. The molecule has 0 heterocycles. The summed E-state index contributed by atoms with van der Waals surface area (Å²) in [5, 5.41) is 0.354. The summed E-state index contributed by atoms with van der Waals surface area (Å²) in [6, 6.07) is 0. The zero-order valence-corrected chi connectivity index (χ0v) is 15.6. The van der Waals surface area contributed by atoms with Gasteiger partial charge in [-0.15, -0.1) is 0 Å². The molecule has 0 aliphatic carbocycles. The Labute approximate surface area is 148 Å². The monoisotopic (exact) mass is 329 g/mol. The maximum absolute atomic E-state index is 10.5.